The van der Waals surface area contributed by atoms with E-state index in [4.69, 9.17) is 16.3 Å². The Morgan fingerprint density at radius 2 is 2.12 bits per heavy atom. The molecule has 0 radical (unpaired) electrons. The van der Waals surface area contributed by atoms with Crippen LogP contribution in [0.1, 0.15) is 19.3 Å². The fraction of sp³-hybridized carbons (Fsp3) is 0.438. The minimum atomic E-state index is -1.01. The summed E-state index contributed by atoms with van der Waals surface area (Å²) in [4.78, 5) is 21.0. The van der Waals surface area contributed by atoms with Crippen LogP contribution in [0.25, 0.3) is 10.9 Å². The van der Waals surface area contributed by atoms with Gasteiger partial charge in [0.25, 0.3) is 0 Å². The Labute approximate surface area is 156 Å². The van der Waals surface area contributed by atoms with E-state index in [0.29, 0.717) is 37.7 Å². The van der Waals surface area contributed by atoms with Crippen LogP contribution < -0.4 is 4.90 Å². The first-order valence-electron chi connectivity index (χ1n) is 7.76. The zero-order valence-electron chi connectivity index (χ0n) is 13.4. The zero-order chi connectivity index (χ0) is 18.1. The molecule has 0 N–H and O–H groups in total. The third-order valence-electron chi connectivity index (χ3n) is 4.34. The van der Waals surface area contributed by atoms with Gasteiger partial charge in [-0.15, -0.1) is 0 Å². The van der Waals surface area contributed by atoms with Gasteiger partial charge in [-0.2, -0.15) is 14.4 Å². The molecule has 1 aromatic heterocycles. The summed E-state index contributed by atoms with van der Waals surface area (Å²) >= 11 is 9.08. The number of esters is 1. The zero-order valence-corrected chi connectivity index (χ0v) is 15.7. The smallest absolute Gasteiger partial charge is 0.311 e. The van der Waals surface area contributed by atoms with Crippen molar-refractivity contribution in [1.82, 2.24) is 9.97 Å². The molecule has 1 aliphatic rings. The standard InChI is InChI=1S/C16H15BrClF2N3O2/c1-25-15(24)8-3-2-5-23(6-4-8)14-9-7-10(18)11(17)12(19)13(9)21-16(20)22-14/h7-8H,2-6H2,1H3. The number of hydrogen-bond donors (Lipinski definition) is 0. The number of anilines is 1. The highest BCUT2D eigenvalue weighted by molar-refractivity contribution is 9.10. The number of aromatic nitrogens is 2. The summed E-state index contributed by atoms with van der Waals surface area (Å²) in [7, 11) is 1.36. The molecule has 0 aliphatic carbocycles. The Kier molecular flexibility index (Phi) is 5.38. The van der Waals surface area contributed by atoms with Gasteiger partial charge in [-0.25, -0.2) is 4.39 Å². The Morgan fingerprint density at radius 3 is 2.84 bits per heavy atom. The van der Waals surface area contributed by atoms with Crippen molar-refractivity contribution in [1.29, 1.82) is 0 Å². The minimum absolute atomic E-state index is 0.0346. The van der Waals surface area contributed by atoms with Crippen LogP contribution in [0.5, 0.6) is 0 Å². The first kappa shape index (κ1) is 18.3. The molecule has 2 aromatic rings. The van der Waals surface area contributed by atoms with Crippen LogP contribution in [0.2, 0.25) is 5.02 Å². The van der Waals surface area contributed by atoms with Crippen molar-refractivity contribution in [2.75, 3.05) is 25.1 Å². The van der Waals surface area contributed by atoms with E-state index < -0.39 is 11.9 Å². The Morgan fingerprint density at radius 1 is 1.36 bits per heavy atom. The van der Waals surface area contributed by atoms with Gasteiger partial charge in [-0.3, -0.25) is 4.79 Å². The second kappa shape index (κ2) is 7.37. The maximum absolute atomic E-state index is 14.4. The van der Waals surface area contributed by atoms with Gasteiger partial charge in [0.05, 0.1) is 22.5 Å². The van der Waals surface area contributed by atoms with Crippen molar-refractivity contribution in [3.05, 3.63) is 27.5 Å². The number of rotatable bonds is 2. The normalized spacial score (nSPS) is 18.3. The summed E-state index contributed by atoms with van der Waals surface area (Å²) in [6.45, 7) is 1.04. The molecule has 1 aromatic carbocycles. The summed E-state index contributed by atoms with van der Waals surface area (Å²) in [6.07, 6.45) is 0.922. The maximum atomic E-state index is 14.4. The largest absolute Gasteiger partial charge is 0.469 e. The topological polar surface area (TPSA) is 55.3 Å². The van der Waals surface area contributed by atoms with Gasteiger partial charge in [0, 0.05) is 18.5 Å². The second-order valence-corrected chi connectivity index (χ2v) is 7.04. The SMILES string of the molecule is COC(=O)C1CCCN(c2nc(F)nc3c(F)c(Br)c(Cl)cc23)CC1. The van der Waals surface area contributed by atoms with Crippen LogP contribution in [0.15, 0.2) is 10.5 Å². The van der Waals surface area contributed by atoms with Gasteiger partial charge >= 0.3 is 12.0 Å². The van der Waals surface area contributed by atoms with Crippen molar-refractivity contribution >= 4 is 50.2 Å². The molecule has 9 heteroatoms. The van der Waals surface area contributed by atoms with Crippen molar-refractivity contribution in [3.8, 4) is 0 Å². The minimum Gasteiger partial charge on any atom is -0.469 e. The second-order valence-electron chi connectivity index (χ2n) is 5.84. The van der Waals surface area contributed by atoms with E-state index in [1.165, 1.54) is 13.2 Å². The van der Waals surface area contributed by atoms with Gasteiger partial charge in [-0.1, -0.05) is 11.6 Å². The predicted molar refractivity (Wildman–Crippen MR) is 93.7 cm³/mol. The van der Waals surface area contributed by atoms with E-state index in [9.17, 15) is 13.6 Å². The number of nitrogens with zero attached hydrogens (tertiary/aromatic N) is 3. The summed E-state index contributed by atoms with van der Waals surface area (Å²) in [6, 6.07) is 1.52. The average molecular weight is 435 g/mol. The molecule has 0 amide bonds. The first-order valence-corrected chi connectivity index (χ1v) is 8.93. The molecule has 134 valence electrons. The predicted octanol–water partition coefficient (Wildman–Crippen LogP) is 4.10. The van der Waals surface area contributed by atoms with Gasteiger partial charge in [-0.05, 0) is 41.3 Å². The maximum Gasteiger partial charge on any atom is 0.311 e. The molecule has 25 heavy (non-hydrogen) atoms. The van der Waals surface area contributed by atoms with E-state index in [0.717, 1.165) is 0 Å². The molecule has 1 fully saturated rings. The van der Waals surface area contributed by atoms with Gasteiger partial charge in [0.15, 0.2) is 5.82 Å². The highest BCUT2D eigenvalue weighted by atomic mass is 79.9. The number of fused-ring (bicyclic) bond motifs is 1. The fourth-order valence-corrected chi connectivity index (χ4v) is 3.58. The van der Waals surface area contributed by atoms with Gasteiger partial charge < -0.3 is 9.64 Å². The Hall–Kier alpha value is -1.54. The van der Waals surface area contributed by atoms with E-state index in [2.05, 4.69) is 25.9 Å². The molecule has 2 heterocycles. The molecule has 3 rings (SSSR count). The van der Waals surface area contributed by atoms with Crippen molar-refractivity contribution in [2.45, 2.75) is 19.3 Å². The number of hydrogen-bond acceptors (Lipinski definition) is 5. The van der Waals surface area contributed by atoms with E-state index in [1.807, 2.05) is 4.90 Å². The number of halogens is 4. The molecular formula is C16H15BrClF2N3O2. The molecule has 1 unspecified atom stereocenters. The molecule has 0 spiro atoms. The molecule has 1 saturated heterocycles. The van der Waals surface area contributed by atoms with Gasteiger partial charge in [0.2, 0.25) is 0 Å². The molecule has 1 atom stereocenters. The average Bonchev–Trinajstić information content (AvgIpc) is 2.85. The fourth-order valence-electron chi connectivity index (χ4n) is 3.08. The molecular weight excluding hydrogens is 420 g/mol. The van der Waals surface area contributed by atoms with Crippen LogP contribution in [-0.2, 0) is 9.53 Å². The lowest BCUT2D eigenvalue weighted by molar-refractivity contribution is -0.145. The lowest BCUT2D eigenvalue weighted by Gasteiger charge is -2.23. The lowest BCUT2D eigenvalue weighted by Crippen LogP contribution is -2.27. The monoisotopic (exact) mass is 433 g/mol. The summed E-state index contributed by atoms with van der Waals surface area (Å²) in [5.74, 6) is -0.908. The molecule has 1 aliphatic heterocycles. The Balaban J connectivity index is 2.02. The number of carbonyl (C=O) groups excluding carboxylic acids is 1. The van der Waals surface area contributed by atoms with Crippen molar-refractivity contribution in [3.63, 3.8) is 0 Å². The molecule has 0 bridgehead atoms. The Bertz CT molecular complexity index is 837. The van der Waals surface area contributed by atoms with Crippen LogP contribution in [-0.4, -0.2) is 36.1 Å². The van der Waals surface area contributed by atoms with E-state index in [1.54, 1.807) is 0 Å². The number of methoxy groups -OCH3 is 1. The summed E-state index contributed by atoms with van der Waals surface area (Å²) in [5.41, 5.74) is -0.132. The van der Waals surface area contributed by atoms with Crippen LogP contribution >= 0.6 is 27.5 Å². The number of carbonyl (C=O) groups is 1. The summed E-state index contributed by atoms with van der Waals surface area (Å²) in [5, 5.41) is 0.493. The highest BCUT2D eigenvalue weighted by Crippen LogP contribution is 2.35. The summed E-state index contributed by atoms with van der Waals surface area (Å²) < 4.78 is 33.1. The third kappa shape index (κ3) is 3.55. The number of benzene rings is 1. The van der Waals surface area contributed by atoms with Crippen molar-refractivity contribution < 1.29 is 18.3 Å². The first-order chi connectivity index (χ1) is 11.9. The highest BCUT2D eigenvalue weighted by Gasteiger charge is 2.26. The van der Waals surface area contributed by atoms with Crippen LogP contribution in [0.3, 0.4) is 0 Å². The molecule has 0 saturated carbocycles. The molecule has 5 nitrogen and oxygen atoms in total. The lowest BCUT2D eigenvalue weighted by atomic mass is 10.0. The van der Waals surface area contributed by atoms with Crippen molar-refractivity contribution in [2.24, 2.45) is 5.92 Å². The van der Waals surface area contributed by atoms with E-state index >= 15 is 0 Å². The van der Waals surface area contributed by atoms with Crippen LogP contribution in [0, 0.1) is 17.8 Å². The van der Waals surface area contributed by atoms with E-state index in [-0.39, 0.29) is 32.7 Å². The quantitative estimate of drug-likeness (QED) is 0.405. The van der Waals surface area contributed by atoms with Crippen LogP contribution in [0.4, 0.5) is 14.6 Å². The van der Waals surface area contributed by atoms with Gasteiger partial charge in [0.1, 0.15) is 11.3 Å². The third-order valence-corrected chi connectivity index (χ3v) is 5.64. The number of ether oxygens (including phenoxy) is 1.